The number of nitrogens with one attached hydrogen (secondary N) is 1. The van der Waals surface area contributed by atoms with E-state index in [2.05, 4.69) is 15.2 Å². The van der Waals surface area contributed by atoms with Crippen LogP contribution in [-0.2, 0) is 6.61 Å². The molecule has 3 aromatic rings. The van der Waals surface area contributed by atoms with Gasteiger partial charge >= 0.3 is 0 Å². The molecule has 0 saturated heterocycles. The monoisotopic (exact) mass is 293 g/mol. The number of ether oxygens (including phenoxy) is 1. The van der Waals surface area contributed by atoms with Crippen LogP contribution in [-0.4, -0.2) is 21.0 Å². The number of H-pyrrole nitrogens is 1. The van der Waals surface area contributed by atoms with Crippen LogP contribution in [0.4, 0.5) is 0 Å². The average Bonchev–Trinajstić information content (AvgIpc) is 3.08. The number of rotatable bonds is 5. The summed E-state index contributed by atoms with van der Waals surface area (Å²) in [5.41, 5.74) is 2.43. The van der Waals surface area contributed by atoms with Crippen molar-refractivity contribution < 1.29 is 9.53 Å². The predicted octanol–water partition coefficient (Wildman–Crippen LogP) is 2.92. The smallest absolute Gasteiger partial charge is 0.230 e. The number of para-hydroxylation sites is 1. The van der Waals surface area contributed by atoms with Crippen molar-refractivity contribution in [2.45, 2.75) is 13.5 Å². The molecule has 1 N–H and O–H groups in total. The lowest BCUT2D eigenvalue weighted by atomic mass is 10.0. The lowest BCUT2D eigenvalue weighted by Crippen LogP contribution is -2.09. The molecule has 1 heterocycles. The Morgan fingerprint density at radius 3 is 2.68 bits per heavy atom. The van der Waals surface area contributed by atoms with E-state index in [4.69, 9.17) is 4.74 Å². The number of nitrogens with zero attached hydrogens (tertiary/aromatic N) is 2. The van der Waals surface area contributed by atoms with Gasteiger partial charge in [-0.1, -0.05) is 42.5 Å². The third-order valence-corrected chi connectivity index (χ3v) is 3.37. The van der Waals surface area contributed by atoms with Crippen molar-refractivity contribution in [3.05, 3.63) is 77.4 Å². The van der Waals surface area contributed by atoms with Crippen LogP contribution in [0.3, 0.4) is 0 Å². The first-order valence-corrected chi connectivity index (χ1v) is 6.92. The van der Waals surface area contributed by atoms with Gasteiger partial charge in [-0.05, 0) is 18.6 Å². The largest absolute Gasteiger partial charge is 0.489 e. The molecule has 22 heavy (non-hydrogen) atoms. The molecular formula is C17H15N3O2. The summed E-state index contributed by atoms with van der Waals surface area (Å²) in [5.74, 6) is 0.842. The Labute approximate surface area is 128 Å². The maximum Gasteiger partial charge on any atom is 0.230 e. The molecule has 0 saturated carbocycles. The summed E-state index contributed by atoms with van der Waals surface area (Å²) in [6.45, 7) is 2.31. The highest BCUT2D eigenvalue weighted by molar-refractivity contribution is 6.07. The summed E-state index contributed by atoms with van der Waals surface area (Å²) in [5, 5.41) is 6.31. The Bertz CT molecular complexity index is 782. The van der Waals surface area contributed by atoms with Crippen LogP contribution in [0.15, 0.2) is 54.9 Å². The summed E-state index contributed by atoms with van der Waals surface area (Å²) in [6.07, 6.45) is 1.32. The van der Waals surface area contributed by atoms with Crippen molar-refractivity contribution in [2.75, 3.05) is 0 Å². The molecule has 0 spiro atoms. The number of ketones is 1. The van der Waals surface area contributed by atoms with Crippen molar-refractivity contribution in [1.82, 2.24) is 15.2 Å². The molecule has 2 aromatic carbocycles. The van der Waals surface area contributed by atoms with E-state index < -0.39 is 0 Å². The highest BCUT2D eigenvalue weighted by Gasteiger charge is 2.16. The van der Waals surface area contributed by atoms with Crippen molar-refractivity contribution >= 4 is 5.78 Å². The number of hydrogen-bond donors (Lipinski definition) is 1. The molecule has 0 unspecified atom stereocenters. The molecule has 0 bridgehead atoms. The minimum Gasteiger partial charge on any atom is -0.489 e. The maximum absolute atomic E-state index is 12.4. The first kappa shape index (κ1) is 14.0. The minimum absolute atomic E-state index is 0.193. The molecule has 5 heteroatoms. The molecule has 110 valence electrons. The number of hydrogen-bond acceptors (Lipinski definition) is 4. The number of aromatic nitrogens is 3. The van der Waals surface area contributed by atoms with Crippen LogP contribution in [0.25, 0.3) is 0 Å². The van der Waals surface area contributed by atoms with Crippen LogP contribution in [0.1, 0.15) is 27.3 Å². The number of aromatic amines is 1. The molecule has 1 aromatic heterocycles. The van der Waals surface area contributed by atoms with E-state index in [0.29, 0.717) is 12.2 Å². The zero-order valence-electron chi connectivity index (χ0n) is 12.1. The molecule has 0 aliphatic heterocycles. The Hall–Kier alpha value is -2.95. The first-order chi connectivity index (χ1) is 10.8. The standard InChI is InChI=1S/C17H15N3O2/c1-12-6-2-5-9-15(12)22-10-13-7-3-4-8-14(13)16(21)17-18-11-19-20-17/h2-9,11H,10H2,1H3,(H,18,19,20). The molecule has 0 aliphatic rings. The van der Waals surface area contributed by atoms with Crippen LogP contribution >= 0.6 is 0 Å². The van der Waals surface area contributed by atoms with E-state index in [1.807, 2.05) is 49.4 Å². The first-order valence-electron chi connectivity index (χ1n) is 6.92. The number of carbonyl (C=O) groups excluding carboxylic acids is 1. The lowest BCUT2D eigenvalue weighted by molar-refractivity contribution is 0.102. The van der Waals surface area contributed by atoms with Gasteiger partial charge in [0.15, 0.2) is 5.82 Å². The van der Waals surface area contributed by atoms with Gasteiger partial charge in [-0.25, -0.2) is 4.98 Å². The van der Waals surface area contributed by atoms with Gasteiger partial charge in [0, 0.05) is 11.1 Å². The second kappa shape index (κ2) is 6.22. The van der Waals surface area contributed by atoms with Crippen LogP contribution in [0.2, 0.25) is 0 Å². The molecule has 0 aliphatic carbocycles. The van der Waals surface area contributed by atoms with Gasteiger partial charge in [0.1, 0.15) is 18.7 Å². The Balaban J connectivity index is 1.83. The Kier molecular flexibility index (Phi) is 3.96. The summed E-state index contributed by atoms with van der Waals surface area (Å²) >= 11 is 0. The quantitative estimate of drug-likeness (QED) is 0.734. The Morgan fingerprint density at radius 1 is 1.14 bits per heavy atom. The number of carbonyl (C=O) groups is 1. The van der Waals surface area contributed by atoms with Gasteiger partial charge < -0.3 is 4.74 Å². The van der Waals surface area contributed by atoms with Gasteiger partial charge in [0.25, 0.3) is 0 Å². The maximum atomic E-state index is 12.4. The summed E-state index contributed by atoms with van der Waals surface area (Å²) in [7, 11) is 0. The van der Waals surface area contributed by atoms with Gasteiger partial charge in [0.05, 0.1) is 0 Å². The fourth-order valence-electron chi connectivity index (χ4n) is 2.18. The lowest BCUT2D eigenvalue weighted by Gasteiger charge is -2.11. The zero-order chi connectivity index (χ0) is 15.4. The van der Waals surface area contributed by atoms with Crippen molar-refractivity contribution in [2.24, 2.45) is 0 Å². The van der Waals surface area contributed by atoms with Crippen molar-refractivity contribution in [3.8, 4) is 5.75 Å². The highest BCUT2D eigenvalue weighted by atomic mass is 16.5. The van der Waals surface area contributed by atoms with Gasteiger partial charge in [0.2, 0.25) is 5.78 Å². The van der Waals surface area contributed by atoms with Crippen LogP contribution in [0, 0.1) is 6.92 Å². The second-order valence-electron chi connectivity index (χ2n) is 4.87. The number of aryl methyl sites for hydroxylation is 1. The Morgan fingerprint density at radius 2 is 1.91 bits per heavy atom. The van der Waals surface area contributed by atoms with Gasteiger partial charge in [-0.2, -0.15) is 5.10 Å². The van der Waals surface area contributed by atoms with E-state index in [-0.39, 0.29) is 11.6 Å². The average molecular weight is 293 g/mol. The number of benzene rings is 2. The molecule has 5 nitrogen and oxygen atoms in total. The third-order valence-electron chi connectivity index (χ3n) is 3.37. The van der Waals surface area contributed by atoms with Crippen LogP contribution < -0.4 is 4.74 Å². The fraction of sp³-hybridized carbons (Fsp3) is 0.118. The summed E-state index contributed by atoms with van der Waals surface area (Å²) in [6, 6.07) is 15.1. The third kappa shape index (κ3) is 2.88. The highest BCUT2D eigenvalue weighted by Crippen LogP contribution is 2.20. The fourth-order valence-corrected chi connectivity index (χ4v) is 2.18. The van der Waals surface area contributed by atoms with E-state index in [1.165, 1.54) is 6.33 Å². The minimum atomic E-state index is -0.193. The molecule has 0 radical (unpaired) electrons. The molecule has 0 atom stereocenters. The molecule has 0 fully saturated rings. The summed E-state index contributed by atoms with van der Waals surface area (Å²) < 4.78 is 5.83. The summed E-state index contributed by atoms with van der Waals surface area (Å²) in [4.78, 5) is 16.3. The molecule has 0 amide bonds. The topological polar surface area (TPSA) is 67.9 Å². The molecule has 3 rings (SSSR count). The zero-order valence-corrected chi connectivity index (χ0v) is 12.1. The van der Waals surface area contributed by atoms with Crippen LogP contribution in [0.5, 0.6) is 5.75 Å². The van der Waals surface area contributed by atoms with Crippen molar-refractivity contribution in [1.29, 1.82) is 0 Å². The van der Waals surface area contributed by atoms with E-state index >= 15 is 0 Å². The normalized spacial score (nSPS) is 10.4. The SMILES string of the molecule is Cc1ccccc1OCc1ccccc1C(=O)c1ncn[nH]1. The van der Waals surface area contributed by atoms with Gasteiger partial charge in [-0.3, -0.25) is 9.89 Å². The van der Waals surface area contributed by atoms with E-state index in [0.717, 1.165) is 16.9 Å². The van der Waals surface area contributed by atoms with Crippen molar-refractivity contribution in [3.63, 3.8) is 0 Å². The second-order valence-corrected chi connectivity index (χ2v) is 4.87. The van der Waals surface area contributed by atoms with E-state index in [9.17, 15) is 4.79 Å². The van der Waals surface area contributed by atoms with E-state index in [1.54, 1.807) is 6.07 Å². The molecular weight excluding hydrogens is 278 g/mol. The predicted molar refractivity (Wildman–Crippen MR) is 81.8 cm³/mol. The van der Waals surface area contributed by atoms with Gasteiger partial charge in [-0.15, -0.1) is 0 Å².